The average molecular weight is 140 g/mol. The standard InChI is InChI=1S/C7H12N2O/c10-6-7(9-5-8-6)3-1-2-4-7/h5-6,10H,1-4H2,(H,8,9). The molecule has 2 aliphatic rings. The number of rotatable bonds is 0. The third kappa shape index (κ3) is 0.669. The second-order valence-corrected chi connectivity index (χ2v) is 3.16. The summed E-state index contributed by atoms with van der Waals surface area (Å²) in [5, 5.41) is 12.6. The molecule has 1 aliphatic carbocycles. The van der Waals surface area contributed by atoms with E-state index in [0.29, 0.717) is 0 Å². The molecule has 3 heteroatoms. The highest BCUT2D eigenvalue weighted by Crippen LogP contribution is 2.34. The molecule has 0 saturated heterocycles. The molecular formula is C7H12N2O. The van der Waals surface area contributed by atoms with Crippen LogP contribution in [0.3, 0.4) is 0 Å². The molecule has 0 aromatic rings. The van der Waals surface area contributed by atoms with Crippen molar-refractivity contribution in [1.82, 2.24) is 5.32 Å². The zero-order valence-electron chi connectivity index (χ0n) is 5.88. The van der Waals surface area contributed by atoms with Crippen LogP contribution in [-0.4, -0.2) is 23.2 Å². The highest BCUT2D eigenvalue weighted by molar-refractivity contribution is 5.59. The van der Waals surface area contributed by atoms with Crippen LogP contribution in [0.4, 0.5) is 0 Å². The summed E-state index contributed by atoms with van der Waals surface area (Å²) >= 11 is 0. The van der Waals surface area contributed by atoms with Crippen LogP contribution in [0, 0.1) is 0 Å². The van der Waals surface area contributed by atoms with E-state index in [1.54, 1.807) is 6.34 Å². The Morgan fingerprint density at radius 2 is 2.20 bits per heavy atom. The molecule has 1 spiro atoms. The highest BCUT2D eigenvalue weighted by Gasteiger charge is 2.42. The minimum absolute atomic E-state index is 0.0694. The first kappa shape index (κ1) is 6.16. The van der Waals surface area contributed by atoms with Crippen molar-refractivity contribution in [2.75, 3.05) is 0 Å². The predicted molar refractivity (Wildman–Crippen MR) is 38.8 cm³/mol. The SMILES string of the molecule is OC1N=CNC12CCCC2. The zero-order chi connectivity index (χ0) is 7.03. The molecule has 0 aromatic heterocycles. The fraction of sp³-hybridized carbons (Fsp3) is 0.857. The molecule has 2 rings (SSSR count). The van der Waals surface area contributed by atoms with Crippen LogP contribution < -0.4 is 5.32 Å². The average Bonchev–Trinajstić information content (AvgIpc) is 2.48. The maximum absolute atomic E-state index is 9.42. The van der Waals surface area contributed by atoms with Crippen molar-refractivity contribution in [3.63, 3.8) is 0 Å². The Hall–Kier alpha value is -0.570. The Morgan fingerprint density at radius 1 is 1.50 bits per heavy atom. The van der Waals surface area contributed by atoms with Gasteiger partial charge in [-0.25, -0.2) is 4.99 Å². The van der Waals surface area contributed by atoms with Crippen molar-refractivity contribution >= 4 is 6.34 Å². The lowest BCUT2D eigenvalue weighted by molar-refractivity contribution is 0.0972. The lowest BCUT2D eigenvalue weighted by Crippen LogP contribution is -2.45. The van der Waals surface area contributed by atoms with Gasteiger partial charge in [0.2, 0.25) is 0 Å². The van der Waals surface area contributed by atoms with Gasteiger partial charge in [0.25, 0.3) is 0 Å². The first-order valence-electron chi connectivity index (χ1n) is 3.81. The minimum atomic E-state index is -0.491. The van der Waals surface area contributed by atoms with Crippen molar-refractivity contribution in [2.24, 2.45) is 4.99 Å². The van der Waals surface area contributed by atoms with Crippen LogP contribution in [0.1, 0.15) is 25.7 Å². The molecule has 1 fully saturated rings. The summed E-state index contributed by atoms with van der Waals surface area (Å²) < 4.78 is 0. The molecule has 56 valence electrons. The summed E-state index contributed by atoms with van der Waals surface area (Å²) in [7, 11) is 0. The quantitative estimate of drug-likeness (QED) is 0.506. The van der Waals surface area contributed by atoms with E-state index < -0.39 is 6.23 Å². The van der Waals surface area contributed by atoms with Crippen LogP contribution in [0.15, 0.2) is 4.99 Å². The van der Waals surface area contributed by atoms with Crippen LogP contribution in [0.5, 0.6) is 0 Å². The van der Waals surface area contributed by atoms with Gasteiger partial charge in [0.1, 0.15) is 0 Å². The minimum Gasteiger partial charge on any atom is -0.370 e. The van der Waals surface area contributed by atoms with E-state index >= 15 is 0 Å². The molecule has 1 aliphatic heterocycles. The molecule has 2 N–H and O–H groups in total. The third-order valence-electron chi connectivity index (χ3n) is 2.56. The van der Waals surface area contributed by atoms with E-state index in [0.717, 1.165) is 12.8 Å². The van der Waals surface area contributed by atoms with Gasteiger partial charge in [0.05, 0.1) is 11.9 Å². The van der Waals surface area contributed by atoms with Crippen LogP contribution in [0.2, 0.25) is 0 Å². The van der Waals surface area contributed by atoms with Crippen molar-refractivity contribution in [2.45, 2.75) is 37.5 Å². The molecule has 1 unspecified atom stereocenters. The smallest absolute Gasteiger partial charge is 0.169 e. The number of aliphatic hydroxyl groups excluding tert-OH is 1. The van der Waals surface area contributed by atoms with E-state index in [2.05, 4.69) is 10.3 Å². The van der Waals surface area contributed by atoms with Gasteiger partial charge in [-0.15, -0.1) is 0 Å². The monoisotopic (exact) mass is 140 g/mol. The van der Waals surface area contributed by atoms with Gasteiger partial charge < -0.3 is 10.4 Å². The van der Waals surface area contributed by atoms with Crippen molar-refractivity contribution < 1.29 is 5.11 Å². The topological polar surface area (TPSA) is 44.6 Å². The van der Waals surface area contributed by atoms with Crippen LogP contribution in [-0.2, 0) is 0 Å². The Labute approximate surface area is 60.2 Å². The molecule has 0 aromatic carbocycles. The number of nitrogens with zero attached hydrogens (tertiary/aromatic N) is 1. The molecule has 0 amide bonds. The Bertz CT molecular complexity index is 161. The fourth-order valence-electron chi connectivity index (χ4n) is 1.86. The maximum atomic E-state index is 9.42. The summed E-state index contributed by atoms with van der Waals surface area (Å²) in [6, 6.07) is 0. The number of aliphatic imine (C=N–C) groups is 1. The lowest BCUT2D eigenvalue weighted by atomic mass is 9.97. The molecule has 1 atom stereocenters. The molecule has 1 saturated carbocycles. The van der Waals surface area contributed by atoms with Gasteiger partial charge in [-0.3, -0.25) is 0 Å². The molecule has 10 heavy (non-hydrogen) atoms. The highest BCUT2D eigenvalue weighted by atomic mass is 16.3. The third-order valence-corrected chi connectivity index (χ3v) is 2.56. The first-order chi connectivity index (χ1) is 4.83. The predicted octanol–water partition coefficient (Wildman–Crippen LogP) is 0.249. The Balaban J connectivity index is 2.15. The van der Waals surface area contributed by atoms with Gasteiger partial charge in [-0.2, -0.15) is 0 Å². The largest absolute Gasteiger partial charge is 0.370 e. The van der Waals surface area contributed by atoms with Gasteiger partial charge in [0.15, 0.2) is 6.23 Å². The maximum Gasteiger partial charge on any atom is 0.169 e. The summed E-state index contributed by atoms with van der Waals surface area (Å²) in [4.78, 5) is 3.89. The number of hydrogen-bond donors (Lipinski definition) is 2. The van der Waals surface area contributed by atoms with Crippen molar-refractivity contribution in [3.8, 4) is 0 Å². The normalized spacial score (nSPS) is 35.1. The molecule has 0 radical (unpaired) electrons. The Morgan fingerprint density at radius 3 is 2.70 bits per heavy atom. The van der Waals surface area contributed by atoms with E-state index in [9.17, 15) is 5.11 Å². The van der Waals surface area contributed by atoms with Gasteiger partial charge in [0, 0.05) is 0 Å². The van der Waals surface area contributed by atoms with Crippen molar-refractivity contribution in [3.05, 3.63) is 0 Å². The lowest BCUT2D eigenvalue weighted by Gasteiger charge is -2.25. The van der Waals surface area contributed by atoms with Crippen LogP contribution >= 0.6 is 0 Å². The number of hydrogen-bond acceptors (Lipinski definition) is 3. The van der Waals surface area contributed by atoms with E-state index in [-0.39, 0.29) is 5.54 Å². The molecule has 3 nitrogen and oxygen atoms in total. The Kier molecular flexibility index (Phi) is 1.20. The summed E-state index contributed by atoms with van der Waals surface area (Å²) in [6.45, 7) is 0. The van der Waals surface area contributed by atoms with Gasteiger partial charge >= 0.3 is 0 Å². The second-order valence-electron chi connectivity index (χ2n) is 3.16. The van der Waals surface area contributed by atoms with E-state index in [1.807, 2.05) is 0 Å². The van der Waals surface area contributed by atoms with E-state index in [1.165, 1.54) is 12.8 Å². The summed E-state index contributed by atoms with van der Waals surface area (Å²) in [5.41, 5.74) is -0.0694. The number of aliphatic hydroxyl groups is 1. The zero-order valence-corrected chi connectivity index (χ0v) is 5.88. The molecule has 0 bridgehead atoms. The number of nitrogens with one attached hydrogen (secondary N) is 1. The van der Waals surface area contributed by atoms with Gasteiger partial charge in [-0.05, 0) is 12.8 Å². The first-order valence-corrected chi connectivity index (χ1v) is 3.81. The summed E-state index contributed by atoms with van der Waals surface area (Å²) in [6.07, 6.45) is 5.70. The second kappa shape index (κ2) is 1.95. The summed E-state index contributed by atoms with van der Waals surface area (Å²) in [5.74, 6) is 0. The van der Waals surface area contributed by atoms with E-state index in [4.69, 9.17) is 0 Å². The molecule has 1 heterocycles. The molecular weight excluding hydrogens is 128 g/mol. The van der Waals surface area contributed by atoms with Gasteiger partial charge in [-0.1, -0.05) is 12.8 Å². The van der Waals surface area contributed by atoms with Crippen molar-refractivity contribution in [1.29, 1.82) is 0 Å². The van der Waals surface area contributed by atoms with Crippen LogP contribution in [0.25, 0.3) is 0 Å². The fourth-order valence-corrected chi connectivity index (χ4v) is 1.86.